The highest BCUT2D eigenvalue weighted by molar-refractivity contribution is 5.80. The molecule has 0 aliphatic carbocycles. The van der Waals surface area contributed by atoms with Gasteiger partial charge in [0.1, 0.15) is 18.3 Å². The lowest BCUT2D eigenvalue weighted by molar-refractivity contribution is -0.139. The average molecular weight is 467 g/mol. The van der Waals surface area contributed by atoms with E-state index in [1.165, 1.54) is 5.56 Å². The van der Waals surface area contributed by atoms with Crippen molar-refractivity contribution in [2.75, 3.05) is 56.5 Å². The van der Waals surface area contributed by atoms with E-state index in [0.29, 0.717) is 49.9 Å². The normalized spacial score (nSPS) is 17.8. The van der Waals surface area contributed by atoms with E-state index < -0.39 is 11.9 Å². The first-order valence-electron chi connectivity index (χ1n) is 11.9. The van der Waals surface area contributed by atoms with E-state index in [1.54, 1.807) is 22.1 Å². The second-order valence-electron chi connectivity index (χ2n) is 8.94. The largest absolute Gasteiger partial charge is 0.488 e. The molecule has 3 N–H and O–H groups in total. The topological polar surface area (TPSA) is 120 Å². The second kappa shape index (κ2) is 9.74. The molecule has 2 aromatic rings. The molecule has 0 spiro atoms. The number of anilines is 2. The first-order chi connectivity index (χ1) is 16.6. The van der Waals surface area contributed by atoms with Crippen LogP contribution in [0.25, 0.3) is 0 Å². The van der Waals surface area contributed by atoms with Crippen molar-refractivity contribution < 1.29 is 19.4 Å². The van der Waals surface area contributed by atoms with Gasteiger partial charge < -0.3 is 30.3 Å². The number of amides is 2. The number of aromatic nitrogens is 2. The van der Waals surface area contributed by atoms with Crippen LogP contribution < -0.4 is 15.4 Å². The molecule has 0 saturated carbocycles. The van der Waals surface area contributed by atoms with E-state index in [4.69, 9.17) is 9.72 Å². The molecule has 0 unspecified atom stereocenters. The molecule has 10 nitrogen and oxygen atoms in total. The van der Waals surface area contributed by atoms with Crippen LogP contribution in [0.3, 0.4) is 0 Å². The number of pyridine rings is 2. The fourth-order valence-electron chi connectivity index (χ4n) is 4.74. The van der Waals surface area contributed by atoms with Crippen molar-refractivity contribution in [1.29, 1.82) is 0 Å². The van der Waals surface area contributed by atoms with Gasteiger partial charge >= 0.3 is 12.0 Å². The number of rotatable bonds is 8. The highest BCUT2D eigenvalue weighted by Crippen LogP contribution is 2.30. The van der Waals surface area contributed by atoms with Gasteiger partial charge in [-0.05, 0) is 48.9 Å². The Balaban J connectivity index is 1.16. The Bertz CT molecular complexity index is 1080. The third-order valence-electron chi connectivity index (χ3n) is 6.62. The lowest BCUT2D eigenvalue weighted by Gasteiger charge is -2.24. The summed E-state index contributed by atoms with van der Waals surface area (Å²) in [6.45, 7) is 3.98. The van der Waals surface area contributed by atoms with Crippen LogP contribution in [0.15, 0.2) is 24.4 Å². The summed E-state index contributed by atoms with van der Waals surface area (Å²) in [4.78, 5) is 37.4. The number of fused-ring (bicyclic) bond motifs is 2. The van der Waals surface area contributed by atoms with Crippen molar-refractivity contribution in [3.63, 3.8) is 0 Å². The minimum absolute atomic E-state index is 0.108. The average Bonchev–Trinajstić information content (AvgIpc) is 3.21. The zero-order valence-electron chi connectivity index (χ0n) is 19.1. The SMILES string of the molecule is O=C(O)[C@@H](CN1CCN(CCCc2ccc3c(n2)NCCC3)C1=O)c1cnc2c(c1)OCCN2. The van der Waals surface area contributed by atoms with Crippen LogP contribution in [0.1, 0.15) is 35.6 Å². The highest BCUT2D eigenvalue weighted by Gasteiger charge is 2.33. The number of ether oxygens (including phenoxy) is 1. The minimum Gasteiger partial charge on any atom is -0.488 e. The Morgan fingerprint density at radius 3 is 2.91 bits per heavy atom. The molecule has 2 aromatic heterocycles. The van der Waals surface area contributed by atoms with Gasteiger partial charge in [0, 0.05) is 44.6 Å². The van der Waals surface area contributed by atoms with Crippen LogP contribution in [-0.2, 0) is 17.6 Å². The monoisotopic (exact) mass is 466 g/mol. The maximum Gasteiger partial charge on any atom is 0.320 e. The van der Waals surface area contributed by atoms with Gasteiger partial charge in [0.05, 0.1) is 6.54 Å². The third-order valence-corrected chi connectivity index (χ3v) is 6.62. The van der Waals surface area contributed by atoms with Crippen molar-refractivity contribution in [2.24, 2.45) is 0 Å². The van der Waals surface area contributed by atoms with Crippen LogP contribution >= 0.6 is 0 Å². The summed E-state index contributed by atoms with van der Waals surface area (Å²) in [7, 11) is 0. The molecular formula is C24H30N6O4. The number of carbonyl (C=O) groups excluding carboxylic acids is 1. The van der Waals surface area contributed by atoms with Gasteiger partial charge in [0.2, 0.25) is 0 Å². The van der Waals surface area contributed by atoms with E-state index in [1.807, 2.05) is 0 Å². The molecule has 34 heavy (non-hydrogen) atoms. The number of carbonyl (C=O) groups is 2. The number of aryl methyl sites for hydroxylation is 2. The number of aliphatic carboxylic acids is 1. The van der Waals surface area contributed by atoms with E-state index in [2.05, 4.69) is 27.8 Å². The summed E-state index contributed by atoms with van der Waals surface area (Å²) in [5, 5.41) is 16.3. The van der Waals surface area contributed by atoms with Crippen LogP contribution in [0, 0.1) is 0 Å². The van der Waals surface area contributed by atoms with Gasteiger partial charge in [-0.3, -0.25) is 4.79 Å². The van der Waals surface area contributed by atoms with Crippen LogP contribution in [0.5, 0.6) is 5.75 Å². The van der Waals surface area contributed by atoms with Gasteiger partial charge in [0.25, 0.3) is 0 Å². The lowest BCUT2D eigenvalue weighted by Crippen LogP contribution is -2.37. The van der Waals surface area contributed by atoms with Crippen molar-refractivity contribution in [3.05, 3.63) is 41.2 Å². The van der Waals surface area contributed by atoms with Crippen LogP contribution in [-0.4, -0.2) is 82.8 Å². The number of urea groups is 1. The van der Waals surface area contributed by atoms with E-state index in [0.717, 1.165) is 43.7 Å². The number of nitrogens with zero attached hydrogens (tertiary/aromatic N) is 4. The molecular weight excluding hydrogens is 436 g/mol. The predicted octanol–water partition coefficient (Wildman–Crippen LogP) is 2.18. The number of carboxylic acids is 1. The quantitative estimate of drug-likeness (QED) is 0.542. The summed E-state index contributed by atoms with van der Waals surface area (Å²) in [6, 6.07) is 5.82. The first kappa shape index (κ1) is 22.2. The molecule has 5 rings (SSSR count). The minimum atomic E-state index is -0.983. The first-order valence-corrected chi connectivity index (χ1v) is 11.9. The van der Waals surface area contributed by atoms with Gasteiger partial charge in [-0.15, -0.1) is 0 Å². The Morgan fingerprint density at radius 2 is 2.03 bits per heavy atom. The smallest absolute Gasteiger partial charge is 0.320 e. The Morgan fingerprint density at radius 1 is 1.18 bits per heavy atom. The summed E-state index contributed by atoms with van der Waals surface area (Å²) in [6.07, 6.45) is 5.37. The lowest BCUT2D eigenvalue weighted by atomic mass is 10.00. The molecule has 5 heterocycles. The van der Waals surface area contributed by atoms with Gasteiger partial charge in [0.15, 0.2) is 11.6 Å². The third kappa shape index (κ3) is 4.71. The Hall–Kier alpha value is -3.56. The zero-order valence-corrected chi connectivity index (χ0v) is 19.1. The zero-order chi connectivity index (χ0) is 23.5. The fourth-order valence-corrected chi connectivity index (χ4v) is 4.74. The molecule has 2 amide bonds. The van der Waals surface area contributed by atoms with Crippen LogP contribution in [0.2, 0.25) is 0 Å². The molecule has 10 heteroatoms. The molecule has 1 fully saturated rings. The summed E-state index contributed by atoms with van der Waals surface area (Å²) in [5.74, 6) is 0.315. The van der Waals surface area contributed by atoms with Crippen molar-refractivity contribution in [3.8, 4) is 5.75 Å². The highest BCUT2D eigenvalue weighted by atomic mass is 16.5. The molecule has 0 bridgehead atoms. The number of hydrogen-bond acceptors (Lipinski definition) is 7. The standard InChI is InChI=1S/C24H30N6O4/c31-23(32)19(17-13-20-22(27-14-17)26-8-12-34-20)15-30-11-10-29(24(30)33)9-2-4-18-6-5-16-3-1-7-25-21(16)28-18/h5-6,13-14,19H,1-4,7-12,15H2,(H,25,28)(H,26,27)(H,31,32)/t19-/m0/s1. The van der Waals surface area contributed by atoms with Gasteiger partial charge in [-0.1, -0.05) is 6.07 Å². The molecule has 3 aliphatic rings. The van der Waals surface area contributed by atoms with E-state index >= 15 is 0 Å². The Kier molecular flexibility index (Phi) is 6.37. The van der Waals surface area contributed by atoms with Gasteiger partial charge in [-0.25, -0.2) is 14.8 Å². The molecule has 3 aliphatic heterocycles. The van der Waals surface area contributed by atoms with Gasteiger partial charge in [-0.2, -0.15) is 0 Å². The molecule has 1 atom stereocenters. The maximum atomic E-state index is 12.9. The summed E-state index contributed by atoms with van der Waals surface area (Å²) >= 11 is 0. The maximum absolute atomic E-state index is 12.9. The number of carboxylic acid groups (broad SMARTS) is 1. The molecule has 1 saturated heterocycles. The second-order valence-corrected chi connectivity index (χ2v) is 8.94. The number of nitrogens with one attached hydrogen (secondary N) is 2. The summed E-state index contributed by atoms with van der Waals surface area (Å²) < 4.78 is 5.60. The van der Waals surface area contributed by atoms with E-state index in [9.17, 15) is 14.7 Å². The number of hydrogen-bond donors (Lipinski definition) is 3. The Labute approximate surface area is 198 Å². The molecule has 0 radical (unpaired) electrons. The van der Waals surface area contributed by atoms with Crippen molar-refractivity contribution >= 4 is 23.6 Å². The van der Waals surface area contributed by atoms with Crippen molar-refractivity contribution in [1.82, 2.24) is 19.8 Å². The molecule has 180 valence electrons. The molecule has 0 aromatic carbocycles. The fraction of sp³-hybridized carbons (Fsp3) is 0.500. The summed E-state index contributed by atoms with van der Waals surface area (Å²) in [5.41, 5.74) is 2.83. The van der Waals surface area contributed by atoms with Crippen molar-refractivity contribution in [2.45, 2.75) is 31.6 Å². The van der Waals surface area contributed by atoms with E-state index in [-0.39, 0.29) is 12.6 Å². The predicted molar refractivity (Wildman–Crippen MR) is 127 cm³/mol. The van der Waals surface area contributed by atoms with Crippen LogP contribution in [0.4, 0.5) is 16.4 Å².